The SMILES string of the molecule is CCSCC(=O)Nc1cccc(N)c1C. The molecule has 82 valence electrons. The third kappa shape index (κ3) is 3.47. The highest BCUT2D eigenvalue weighted by Gasteiger charge is 2.05. The van der Waals surface area contributed by atoms with Gasteiger partial charge in [-0.2, -0.15) is 11.8 Å². The lowest BCUT2D eigenvalue weighted by Gasteiger charge is -2.09. The zero-order chi connectivity index (χ0) is 11.3. The van der Waals surface area contributed by atoms with Crippen LogP contribution in [0.15, 0.2) is 18.2 Å². The number of hydrogen-bond acceptors (Lipinski definition) is 3. The molecule has 1 aromatic carbocycles. The zero-order valence-electron chi connectivity index (χ0n) is 9.04. The van der Waals surface area contributed by atoms with Crippen molar-refractivity contribution in [2.24, 2.45) is 0 Å². The Morgan fingerprint density at radius 2 is 2.27 bits per heavy atom. The van der Waals surface area contributed by atoms with Gasteiger partial charge in [-0.1, -0.05) is 13.0 Å². The third-order valence-corrected chi connectivity index (χ3v) is 2.96. The van der Waals surface area contributed by atoms with Crippen LogP contribution in [0, 0.1) is 6.92 Å². The van der Waals surface area contributed by atoms with Gasteiger partial charge in [0, 0.05) is 11.4 Å². The van der Waals surface area contributed by atoms with Gasteiger partial charge in [-0.25, -0.2) is 0 Å². The van der Waals surface area contributed by atoms with E-state index in [0.717, 1.165) is 17.0 Å². The molecule has 0 fully saturated rings. The summed E-state index contributed by atoms with van der Waals surface area (Å²) in [6.45, 7) is 3.93. The van der Waals surface area contributed by atoms with Crippen LogP contribution in [0.4, 0.5) is 11.4 Å². The molecule has 1 aromatic rings. The van der Waals surface area contributed by atoms with Gasteiger partial charge in [-0.15, -0.1) is 0 Å². The average Bonchev–Trinajstić information content (AvgIpc) is 2.22. The largest absolute Gasteiger partial charge is 0.398 e. The van der Waals surface area contributed by atoms with Crippen molar-refractivity contribution in [2.45, 2.75) is 13.8 Å². The Morgan fingerprint density at radius 3 is 2.93 bits per heavy atom. The highest BCUT2D eigenvalue weighted by atomic mass is 32.2. The van der Waals surface area contributed by atoms with Crippen LogP contribution < -0.4 is 11.1 Å². The van der Waals surface area contributed by atoms with E-state index in [4.69, 9.17) is 5.73 Å². The molecule has 3 N–H and O–H groups in total. The van der Waals surface area contributed by atoms with Crippen molar-refractivity contribution >= 4 is 29.0 Å². The lowest BCUT2D eigenvalue weighted by atomic mass is 10.1. The molecule has 0 aliphatic carbocycles. The van der Waals surface area contributed by atoms with Gasteiger partial charge >= 0.3 is 0 Å². The standard InChI is InChI=1S/C11H16N2OS/c1-3-15-7-11(14)13-10-6-4-5-9(12)8(10)2/h4-6H,3,7,12H2,1-2H3,(H,13,14). The van der Waals surface area contributed by atoms with Crippen molar-refractivity contribution in [3.63, 3.8) is 0 Å². The maximum absolute atomic E-state index is 11.5. The van der Waals surface area contributed by atoms with Crippen molar-refractivity contribution in [1.82, 2.24) is 0 Å². The molecule has 0 heterocycles. The van der Waals surface area contributed by atoms with E-state index in [1.165, 1.54) is 0 Å². The maximum Gasteiger partial charge on any atom is 0.234 e. The number of nitrogens with two attached hydrogens (primary N) is 1. The van der Waals surface area contributed by atoms with Crippen molar-refractivity contribution in [2.75, 3.05) is 22.6 Å². The van der Waals surface area contributed by atoms with Crippen LogP contribution in [0.25, 0.3) is 0 Å². The Morgan fingerprint density at radius 1 is 1.53 bits per heavy atom. The van der Waals surface area contributed by atoms with E-state index < -0.39 is 0 Å². The Bertz CT molecular complexity index is 352. The average molecular weight is 224 g/mol. The van der Waals surface area contributed by atoms with Gasteiger partial charge in [0.05, 0.1) is 5.75 Å². The molecule has 0 saturated carbocycles. The van der Waals surface area contributed by atoms with Crippen molar-refractivity contribution < 1.29 is 4.79 Å². The van der Waals surface area contributed by atoms with Crippen LogP contribution in [0.3, 0.4) is 0 Å². The van der Waals surface area contributed by atoms with Gasteiger partial charge in [-0.05, 0) is 30.4 Å². The number of rotatable bonds is 4. The molecule has 15 heavy (non-hydrogen) atoms. The highest BCUT2D eigenvalue weighted by Crippen LogP contribution is 2.20. The first-order chi connectivity index (χ1) is 7.15. The summed E-state index contributed by atoms with van der Waals surface area (Å²) < 4.78 is 0. The molecule has 0 aromatic heterocycles. The minimum Gasteiger partial charge on any atom is -0.398 e. The van der Waals surface area contributed by atoms with E-state index in [0.29, 0.717) is 11.4 Å². The summed E-state index contributed by atoms with van der Waals surface area (Å²) in [7, 11) is 0. The molecule has 0 atom stereocenters. The van der Waals surface area contributed by atoms with Gasteiger partial charge in [0.15, 0.2) is 0 Å². The summed E-state index contributed by atoms with van der Waals surface area (Å²) in [4.78, 5) is 11.5. The Balaban J connectivity index is 2.64. The summed E-state index contributed by atoms with van der Waals surface area (Å²) in [6.07, 6.45) is 0. The number of amides is 1. The summed E-state index contributed by atoms with van der Waals surface area (Å²) in [5.41, 5.74) is 8.17. The molecule has 0 aliphatic heterocycles. The minimum atomic E-state index is 0.0237. The second-order valence-corrected chi connectivity index (χ2v) is 4.48. The summed E-state index contributed by atoms with van der Waals surface area (Å²) in [6, 6.07) is 5.52. The van der Waals surface area contributed by atoms with Crippen molar-refractivity contribution in [3.8, 4) is 0 Å². The Kier molecular flexibility index (Phi) is 4.49. The molecule has 1 rings (SSSR count). The fourth-order valence-corrected chi connectivity index (χ4v) is 1.63. The summed E-state index contributed by atoms with van der Waals surface area (Å²) in [5, 5.41) is 2.85. The normalized spacial score (nSPS) is 10.0. The smallest absolute Gasteiger partial charge is 0.234 e. The molecule has 0 unspecified atom stereocenters. The summed E-state index contributed by atoms with van der Waals surface area (Å²) in [5.74, 6) is 1.46. The van der Waals surface area contributed by atoms with E-state index in [9.17, 15) is 4.79 Å². The van der Waals surface area contributed by atoms with Crippen LogP contribution in [0.2, 0.25) is 0 Å². The first kappa shape index (κ1) is 11.9. The Labute approximate surface area is 94.4 Å². The molecular formula is C11H16N2OS. The molecule has 0 radical (unpaired) electrons. The number of thioether (sulfide) groups is 1. The highest BCUT2D eigenvalue weighted by molar-refractivity contribution is 7.99. The zero-order valence-corrected chi connectivity index (χ0v) is 9.86. The van der Waals surface area contributed by atoms with Gasteiger partial charge in [0.1, 0.15) is 0 Å². The van der Waals surface area contributed by atoms with Gasteiger partial charge in [-0.3, -0.25) is 4.79 Å². The first-order valence-electron chi connectivity index (χ1n) is 4.87. The van der Waals surface area contributed by atoms with Crippen LogP contribution in [0.1, 0.15) is 12.5 Å². The second-order valence-electron chi connectivity index (χ2n) is 3.21. The quantitative estimate of drug-likeness (QED) is 0.771. The molecule has 0 saturated heterocycles. The molecule has 4 heteroatoms. The fraction of sp³-hybridized carbons (Fsp3) is 0.364. The number of carbonyl (C=O) groups excluding carboxylic acids is 1. The van der Waals surface area contributed by atoms with E-state index in [-0.39, 0.29) is 5.91 Å². The number of nitrogen functional groups attached to an aromatic ring is 1. The molecule has 1 amide bonds. The van der Waals surface area contributed by atoms with Crippen molar-refractivity contribution in [3.05, 3.63) is 23.8 Å². The first-order valence-corrected chi connectivity index (χ1v) is 6.03. The van der Waals surface area contributed by atoms with E-state index in [1.54, 1.807) is 11.8 Å². The number of nitrogens with one attached hydrogen (secondary N) is 1. The lowest BCUT2D eigenvalue weighted by molar-refractivity contribution is -0.113. The van der Waals surface area contributed by atoms with E-state index >= 15 is 0 Å². The molecule has 0 spiro atoms. The number of hydrogen-bond donors (Lipinski definition) is 2. The third-order valence-electron chi connectivity index (χ3n) is 2.09. The topological polar surface area (TPSA) is 55.1 Å². The van der Waals surface area contributed by atoms with E-state index in [2.05, 4.69) is 5.32 Å². The van der Waals surface area contributed by atoms with Crippen LogP contribution >= 0.6 is 11.8 Å². The van der Waals surface area contributed by atoms with Crippen molar-refractivity contribution in [1.29, 1.82) is 0 Å². The molecule has 3 nitrogen and oxygen atoms in total. The maximum atomic E-state index is 11.5. The van der Waals surface area contributed by atoms with Gasteiger partial charge < -0.3 is 11.1 Å². The number of benzene rings is 1. The molecular weight excluding hydrogens is 208 g/mol. The predicted molar refractivity (Wildman–Crippen MR) is 67.2 cm³/mol. The van der Waals surface area contributed by atoms with Crippen LogP contribution in [-0.4, -0.2) is 17.4 Å². The fourth-order valence-electron chi connectivity index (χ4n) is 1.17. The van der Waals surface area contributed by atoms with Crippen LogP contribution in [-0.2, 0) is 4.79 Å². The predicted octanol–water partition coefficient (Wildman–Crippen LogP) is 2.27. The lowest BCUT2D eigenvalue weighted by Crippen LogP contribution is -2.15. The minimum absolute atomic E-state index is 0.0237. The van der Waals surface area contributed by atoms with E-state index in [1.807, 2.05) is 32.0 Å². The molecule has 0 aliphatic rings. The second kappa shape index (κ2) is 5.66. The summed E-state index contributed by atoms with van der Waals surface area (Å²) >= 11 is 1.60. The number of anilines is 2. The van der Waals surface area contributed by atoms with Gasteiger partial charge in [0.25, 0.3) is 0 Å². The Hall–Kier alpha value is -1.16. The molecule has 0 bridgehead atoms. The monoisotopic (exact) mass is 224 g/mol. The van der Waals surface area contributed by atoms with Crippen LogP contribution in [0.5, 0.6) is 0 Å². The number of carbonyl (C=O) groups is 1. The van der Waals surface area contributed by atoms with Gasteiger partial charge in [0.2, 0.25) is 5.91 Å².